The number of hydrogen-bond donors (Lipinski definition) is 3. The quantitative estimate of drug-likeness (QED) is 0.777. The maximum absolute atomic E-state index is 12.2. The second kappa shape index (κ2) is 5.56. The molecule has 20 heavy (non-hydrogen) atoms. The van der Waals surface area contributed by atoms with Gasteiger partial charge in [0.1, 0.15) is 0 Å². The smallest absolute Gasteiger partial charge is 0.226 e. The van der Waals surface area contributed by atoms with E-state index in [-0.39, 0.29) is 5.91 Å². The largest absolute Gasteiger partial charge is 0.352 e. The van der Waals surface area contributed by atoms with E-state index in [0.717, 1.165) is 24.2 Å². The van der Waals surface area contributed by atoms with Crippen LogP contribution in [0.1, 0.15) is 43.5 Å². The van der Waals surface area contributed by atoms with Crippen LogP contribution >= 0.6 is 0 Å². The van der Waals surface area contributed by atoms with Gasteiger partial charge in [0.2, 0.25) is 5.91 Å². The van der Waals surface area contributed by atoms with Crippen molar-refractivity contribution >= 4 is 5.91 Å². The molecule has 0 aromatic carbocycles. The van der Waals surface area contributed by atoms with Gasteiger partial charge in [0.25, 0.3) is 0 Å². The molecule has 2 aliphatic carbocycles. The summed E-state index contributed by atoms with van der Waals surface area (Å²) in [5.41, 5.74) is 7.93. The first-order valence-electron chi connectivity index (χ1n) is 7.67. The van der Waals surface area contributed by atoms with Gasteiger partial charge in [-0.15, -0.1) is 0 Å². The zero-order valence-corrected chi connectivity index (χ0v) is 12.1. The highest BCUT2D eigenvalue weighted by molar-refractivity contribution is 5.78. The minimum Gasteiger partial charge on any atom is -0.352 e. The van der Waals surface area contributed by atoms with Gasteiger partial charge in [-0.2, -0.15) is 5.10 Å². The van der Waals surface area contributed by atoms with E-state index in [0.29, 0.717) is 30.3 Å². The molecule has 4 N–H and O–H groups in total. The number of fused-ring (bicyclic) bond motifs is 2. The Morgan fingerprint density at radius 3 is 2.75 bits per heavy atom. The van der Waals surface area contributed by atoms with Crippen LogP contribution in [0.5, 0.6) is 0 Å². The van der Waals surface area contributed by atoms with Gasteiger partial charge in [-0.1, -0.05) is 6.42 Å². The first kappa shape index (κ1) is 13.6. The van der Waals surface area contributed by atoms with Gasteiger partial charge < -0.3 is 11.1 Å². The van der Waals surface area contributed by atoms with E-state index in [2.05, 4.69) is 15.5 Å². The molecule has 1 amide bonds. The Morgan fingerprint density at radius 2 is 2.15 bits per heavy atom. The number of carbonyl (C=O) groups excluding carboxylic acids is 1. The molecule has 0 spiro atoms. The lowest BCUT2D eigenvalue weighted by Crippen LogP contribution is -2.54. The summed E-state index contributed by atoms with van der Waals surface area (Å²) in [7, 11) is 0. The molecule has 1 aromatic heterocycles. The number of H-pyrrole nitrogens is 1. The molecule has 3 rings (SSSR count). The first-order chi connectivity index (χ1) is 9.61. The number of aryl methyl sites for hydroxylation is 1. The number of hydrogen-bond acceptors (Lipinski definition) is 3. The lowest BCUT2D eigenvalue weighted by molar-refractivity contribution is -0.122. The first-order valence-corrected chi connectivity index (χ1v) is 7.67. The fraction of sp³-hybridized carbons (Fsp3) is 0.733. The lowest BCUT2D eigenvalue weighted by Gasteiger charge is -2.45. The summed E-state index contributed by atoms with van der Waals surface area (Å²) in [5, 5.41) is 10.3. The van der Waals surface area contributed by atoms with Crippen molar-refractivity contribution in [3.63, 3.8) is 0 Å². The van der Waals surface area contributed by atoms with Gasteiger partial charge in [-0.05, 0) is 50.5 Å². The maximum Gasteiger partial charge on any atom is 0.226 e. The number of aromatic nitrogens is 2. The summed E-state index contributed by atoms with van der Waals surface area (Å²) in [4.78, 5) is 12.2. The van der Waals surface area contributed by atoms with Crippen LogP contribution in [0.4, 0.5) is 0 Å². The van der Waals surface area contributed by atoms with E-state index >= 15 is 0 Å². The second-order valence-corrected chi connectivity index (χ2v) is 6.49. The second-order valence-electron chi connectivity index (χ2n) is 6.49. The molecule has 1 heterocycles. The average Bonchev–Trinajstić information content (AvgIpc) is 2.76. The summed E-state index contributed by atoms with van der Waals surface area (Å²) < 4.78 is 0. The van der Waals surface area contributed by atoms with Gasteiger partial charge >= 0.3 is 0 Å². The Labute approximate surface area is 119 Å². The van der Waals surface area contributed by atoms with Gasteiger partial charge in [-0.25, -0.2) is 0 Å². The van der Waals surface area contributed by atoms with Crippen molar-refractivity contribution in [2.75, 3.05) is 0 Å². The summed E-state index contributed by atoms with van der Waals surface area (Å²) in [6.45, 7) is 1.95. The number of carbonyl (C=O) groups is 1. The van der Waals surface area contributed by atoms with Crippen molar-refractivity contribution in [2.45, 2.75) is 57.5 Å². The van der Waals surface area contributed by atoms with Crippen LogP contribution in [0, 0.1) is 18.8 Å². The highest BCUT2D eigenvalue weighted by atomic mass is 16.1. The molecular formula is C15H24N4O. The van der Waals surface area contributed by atoms with Gasteiger partial charge in [0.15, 0.2) is 0 Å². The van der Waals surface area contributed by atoms with Crippen LogP contribution in [0.25, 0.3) is 0 Å². The highest BCUT2D eigenvalue weighted by Crippen LogP contribution is 2.39. The Balaban J connectivity index is 1.60. The number of rotatable bonds is 3. The van der Waals surface area contributed by atoms with E-state index < -0.39 is 0 Å². The van der Waals surface area contributed by atoms with Crippen LogP contribution in [0.2, 0.25) is 0 Å². The molecule has 1 aromatic rings. The molecule has 0 saturated heterocycles. The van der Waals surface area contributed by atoms with Crippen molar-refractivity contribution in [3.05, 3.63) is 17.5 Å². The summed E-state index contributed by atoms with van der Waals surface area (Å²) in [5.74, 6) is 1.23. The van der Waals surface area contributed by atoms with E-state index in [4.69, 9.17) is 5.73 Å². The molecule has 2 fully saturated rings. The third-order valence-electron chi connectivity index (χ3n) is 4.80. The minimum atomic E-state index is 0.0915. The number of amides is 1. The molecule has 2 atom stereocenters. The van der Waals surface area contributed by atoms with Crippen LogP contribution < -0.4 is 11.1 Å². The van der Waals surface area contributed by atoms with Gasteiger partial charge in [0.05, 0.1) is 12.1 Å². The Morgan fingerprint density at radius 1 is 1.45 bits per heavy atom. The third-order valence-corrected chi connectivity index (χ3v) is 4.80. The molecule has 2 unspecified atom stereocenters. The molecule has 2 bridgehead atoms. The summed E-state index contributed by atoms with van der Waals surface area (Å²) >= 11 is 0. The Hall–Kier alpha value is -1.36. The lowest BCUT2D eigenvalue weighted by atomic mass is 9.67. The molecule has 0 radical (unpaired) electrons. The van der Waals surface area contributed by atoms with E-state index in [1.165, 1.54) is 19.3 Å². The average molecular weight is 276 g/mol. The van der Waals surface area contributed by atoms with E-state index in [1.54, 1.807) is 0 Å². The van der Waals surface area contributed by atoms with Crippen LogP contribution in [0.15, 0.2) is 6.07 Å². The molecular weight excluding hydrogens is 252 g/mol. The van der Waals surface area contributed by atoms with Crippen molar-refractivity contribution in [1.82, 2.24) is 15.5 Å². The predicted octanol–water partition coefficient (Wildman–Crippen LogP) is 1.28. The van der Waals surface area contributed by atoms with E-state index in [9.17, 15) is 4.79 Å². The number of nitrogens with one attached hydrogen (secondary N) is 2. The van der Waals surface area contributed by atoms with Crippen molar-refractivity contribution in [3.8, 4) is 0 Å². The topological polar surface area (TPSA) is 83.8 Å². The van der Waals surface area contributed by atoms with Crippen LogP contribution in [-0.4, -0.2) is 28.2 Å². The Bertz CT molecular complexity index is 470. The standard InChI is InChI=1S/C15H24N4O/c1-9-5-13(19-18-9)8-14(20)17-15-10-3-2-4-11(15)7-12(16)6-10/h5,10-12,15H,2-4,6-8,16H2,1H3,(H,17,20)(H,18,19). The highest BCUT2D eigenvalue weighted by Gasteiger charge is 2.39. The Kier molecular flexibility index (Phi) is 3.78. The SMILES string of the molecule is Cc1cc(CC(=O)NC2C3CCCC2CC(N)C3)n[nH]1. The fourth-order valence-corrected chi connectivity index (χ4v) is 3.99. The van der Waals surface area contributed by atoms with Crippen LogP contribution in [-0.2, 0) is 11.2 Å². The molecule has 5 heteroatoms. The van der Waals surface area contributed by atoms with Gasteiger partial charge in [0, 0.05) is 17.8 Å². The fourth-order valence-electron chi connectivity index (χ4n) is 3.99. The van der Waals surface area contributed by atoms with Crippen molar-refractivity contribution < 1.29 is 4.79 Å². The molecule has 2 aliphatic rings. The number of nitrogens with two attached hydrogens (primary N) is 1. The molecule has 5 nitrogen and oxygen atoms in total. The predicted molar refractivity (Wildman–Crippen MR) is 77.0 cm³/mol. The molecule has 110 valence electrons. The van der Waals surface area contributed by atoms with E-state index in [1.807, 2.05) is 13.0 Å². The maximum atomic E-state index is 12.2. The third kappa shape index (κ3) is 2.87. The zero-order valence-electron chi connectivity index (χ0n) is 12.1. The summed E-state index contributed by atoms with van der Waals surface area (Å²) in [6, 6.07) is 2.58. The van der Waals surface area contributed by atoms with Crippen LogP contribution in [0.3, 0.4) is 0 Å². The summed E-state index contributed by atoms with van der Waals surface area (Å²) in [6.07, 6.45) is 6.18. The monoisotopic (exact) mass is 276 g/mol. The van der Waals surface area contributed by atoms with Gasteiger partial charge in [-0.3, -0.25) is 9.89 Å². The van der Waals surface area contributed by atoms with Crippen molar-refractivity contribution in [2.24, 2.45) is 17.6 Å². The number of aromatic amines is 1. The molecule has 2 saturated carbocycles. The minimum absolute atomic E-state index is 0.0915. The zero-order chi connectivity index (χ0) is 14.1. The van der Waals surface area contributed by atoms with Crippen molar-refractivity contribution in [1.29, 1.82) is 0 Å². The normalized spacial score (nSPS) is 32.9. The number of nitrogens with zero attached hydrogens (tertiary/aromatic N) is 1. The molecule has 0 aliphatic heterocycles.